The summed E-state index contributed by atoms with van der Waals surface area (Å²) in [7, 11) is 0. The van der Waals surface area contributed by atoms with Crippen molar-refractivity contribution in [3.8, 4) is 0 Å². The molecule has 0 spiro atoms. The maximum atomic E-state index is 11.2. The second-order valence-electron chi connectivity index (χ2n) is 3.66. The molecule has 1 unspecified atom stereocenters. The Bertz CT molecular complexity index is 189. The first-order valence-electron chi connectivity index (χ1n) is 5.16. The smallest absolute Gasteiger partial charge is 0.320 e. The van der Waals surface area contributed by atoms with Crippen molar-refractivity contribution in [2.24, 2.45) is 0 Å². The van der Waals surface area contributed by atoms with Crippen LogP contribution in [0.2, 0.25) is 0 Å². The van der Waals surface area contributed by atoms with E-state index in [1.165, 1.54) is 0 Å². The van der Waals surface area contributed by atoms with Gasteiger partial charge in [-0.05, 0) is 30.8 Å². The molecule has 1 atom stereocenters. The van der Waals surface area contributed by atoms with Crippen molar-refractivity contribution < 1.29 is 9.90 Å². The number of carbonyl (C=O) groups is 1. The molecule has 1 rings (SSSR count). The monoisotopic (exact) mass is 234 g/mol. The van der Waals surface area contributed by atoms with Crippen LogP contribution in [0.3, 0.4) is 0 Å². The molecule has 0 bridgehead atoms. The number of hydrogen-bond donors (Lipinski definition) is 1. The maximum absolute atomic E-state index is 11.2. The number of thioether (sulfide) groups is 2. The summed E-state index contributed by atoms with van der Waals surface area (Å²) in [6.07, 6.45) is 4.18. The molecule has 14 heavy (non-hydrogen) atoms. The summed E-state index contributed by atoms with van der Waals surface area (Å²) in [6, 6.07) is 0. The van der Waals surface area contributed by atoms with E-state index < -0.39 is 10.7 Å². The normalized spacial score (nSPS) is 27.5. The van der Waals surface area contributed by atoms with E-state index in [0.717, 1.165) is 42.9 Å². The molecule has 0 radical (unpaired) electrons. The molecule has 4 heteroatoms. The van der Waals surface area contributed by atoms with Crippen LogP contribution in [-0.4, -0.2) is 33.1 Å². The molecule has 0 amide bonds. The van der Waals surface area contributed by atoms with Gasteiger partial charge in [0, 0.05) is 5.75 Å². The number of carboxylic acid groups (broad SMARTS) is 1. The Hall–Kier alpha value is 0.170. The Morgan fingerprint density at radius 3 is 2.93 bits per heavy atom. The van der Waals surface area contributed by atoms with Gasteiger partial charge in [0.2, 0.25) is 0 Å². The van der Waals surface area contributed by atoms with E-state index in [-0.39, 0.29) is 0 Å². The standard InChI is InChI=1S/C10H18O2S2/c1-2-3-7-14-10(9(11)12)5-4-6-13-8-10/h2-8H2,1H3,(H,11,12). The van der Waals surface area contributed by atoms with Crippen LogP contribution in [0, 0.1) is 0 Å². The molecule has 0 aromatic heterocycles. The summed E-state index contributed by atoms with van der Waals surface area (Å²) in [6.45, 7) is 2.14. The SMILES string of the molecule is CCCCSC1(C(=O)O)CCCSC1. The molecule has 0 aromatic rings. The highest BCUT2D eigenvalue weighted by Crippen LogP contribution is 2.38. The van der Waals surface area contributed by atoms with Crippen molar-refractivity contribution in [1.29, 1.82) is 0 Å². The van der Waals surface area contributed by atoms with Gasteiger partial charge in [0.15, 0.2) is 0 Å². The molecule has 0 saturated carbocycles. The Morgan fingerprint density at radius 2 is 2.43 bits per heavy atom. The first-order chi connectivity index (χ1) is 6.71. The number of aliphatic carboxylic acids is 1. The molecule has 1 aliphatic rings. The van der Waals surface area contributed by atoms with E-state index in [4.69, 9.17) is 0 Å². The fourth-order valence-electron chi connectivity index (χ4n) is 1.53. The van der Waals surface area contributed by atoms with Crippen LogP contribution in [0.5, 0.6) is 0 Å². The van der Waals surface area contributed by atoms with Gasteiger partial charge in [0.1, 0.15) is 4.75 Å². The number of unbranched alkanes of at least 4 members (excludes halogenated alkanes) is 1. The van der Waals surface area contributed by atoms with Crippen LogP contribution >= 0.6 is 23.5 Å². The second-order valence-corrected chi connectivity index (χ2v) is 6.24. The van der Waals surface area contributed by atoms with Crippen LogP contribution in [-0.2, 0) is 4.79 Å². The van der Waals surface area contributed by atoms with Gasteiger partial charge >= 0.3 is 5.97 Å². The van der Waals surface area contributed by atoms with Crippen LogP contribution in [0.4, 0.5) is 0 Å². The minimum atomic E-state index is -0.606. The Balaban J connectivity index is 2.47. The molecule has 1 N–H and O–H groups in total. The highest BCUT2D eigenvalue weighted by Gasteiger charge is 2.40. The molecular formula is C10H18O2S2. The van der Waals surface area contributed by atoms with Crippen LogP contribution in [0.15, 0.2) is 0 Å². The van der Waals surface area contributed by atoms with Gasteiger partial charge in [0.25, 0.3) is 0 Å². The van der Waals surface area contributed by atoms with E-state index >= 15 is 0 Å². The Kier molecular flexibility index (Phi) is 5.17. The zero-order valence-electron chi connectivity index (χ0n) is 8.62. The molecule has 0 aliphatic carbocycles. The zero-order valence-corrected chi connectivity index (χ0v) is 10.3. The minimum absolute atomic E-state index is 0.474. The molecule has 0 aromatic carbocycles. The molecule has 2 nitrogen and oxygen atoms in total. The number of hydrogen-bond acceptors (Lipinski definition) is 3. The summed E-state index contributed by atoms with van der Waals surface area (Å²) in [4.78, 5) is 11.2. The van der Waals surface area contributed by atoms with Crippen LogP contribution in [0.1, 0.15) is 32.6 Å². The molecule has 1 heterocycles. The van der Waals surface area contributed by atoms with E-state index in [9.17, 15) is 9.90 Å². The lowest BCUT2D eigenvalue weighted by atomic mass is 10.1. The number of rotatable bonds is 5. The quantitative estimate of drug-likeness (QED) is 0.742. The van der Waals surface area contributed by atoms with Gasteiger partial charge in [-0.1, -0.05) is 13.3 Å². The van der Waals surface area contributed by atoms with Crippen molar-refractivity contribution >= 4 is 29.5 Å². The third-order valence-electron chi connectivity index (χ3n) is 2.47. The van der Waals surface area contributed by atoms with Gasteiger partial charge in [-0.3, -0.25) is 4.79 Å². The van der Waals surface area contributed by atoms with E-state index in [0.29, 0.717) is 0 Å². The average Bonchev–Trinajstić information content (AvgIpc) is 2.19. The molecular weight excluding hydrogens is 216 g/mol. The molecule has 1 saturated heterocycles. The highest BCUT2D eigenvalue weighted by molar-refractivity contribution is 8.04. The van der Waals surface area contributed by atoms with Crippen LogP contribution in [0.25, 0.3) is 0 Å². The van der Waals surface area contributed by atoms with Crippen molar-refractivity contribution in [1.82, 2.24) is 0 Å². The van der Waals surface area contributed by atoms with Crippen molar-refractivity contribution in [3.63, 3.8) is 0 Å². The van der Waals surface area contributed by atoms with Crippen LogP contribution < -0.4 is 0 Å². The fraction of sp³-hybridized carbons (Fsp3) is 0.900. The topological polar surface area (TPSA) is 37.3 Å². The predicted octanol–water partition coefficient (Wildman–Crippen LogP) is 2.87. The molecule has 82 valence electrons. The Morgan fingerprint density at radius 1 is 1.64 bits per heavy atom. The molecule has 1 aliphatic heterocycles. The summed E-state index contributed by atoms with van der Waals surface area (Å²) in [5.41, 5.74) is 0. The van der Waals surface area contributed by atoms with E-state index in [1.807, 2.05) is 0 Å². The van der Waals surface area contributed by atoms with E-state index in [2.05, 4.69) is 6.92 Å². The van der Waals surface area contributed by atoms with Crippen molar-refractivity contribution in [3.05, 3.63) is 0 Å². The first-order valence-corrected chi connectivity index (χ1v) is 7.30. The van der Waals surface area contributed by atoms with Crippen molar-refractivity contribution in [2.75, 3.05) is 17.3 Å². The largest absolute Gasteiger partial charge is 0.480 e. The zero-order chi connectivity index (χ0) is 10.4. The lowest BCUT2D eigenvalue weighted by molar-refractivity contribution is -0.139. The summed E-state index contributed by atoms with van der Waals surface area (Å²) in [5, 5.41) is 9.25. The lowest BCUT2D eigenvalue weighted by Gasteiger charge is -2.32. The summed E-state index contributed by atoms with van der Waals surface area (Å²) in [5.74, 6) is 2.30. The predicted molar refractivity (Wildman–Crippen MR) is 64.3 cm³/mol. The van der Waals surface area contributed by atoms with Crippen molar-refractivity contribution in [2.45, 2.75) is 37.4 Å². The summed E-state index contributed by atoms with van der Waals surface area (Å²) < 4.78 is -0.474. The maximum Gasteiger partial charge on any atom is 0.320 e. The van der Waals surface area contributed by atoms with E-state index in [1.54, 1.807) is 23.5 Å². The van der Waals surface area contributed by atoms with Gasteiger partial charge in [0.05, 0.1) is 0 Å². The third-order valence-corrected chi connectivity index (χ3v) is 5.50. The average molecular weight is 234 g/mol. The van der Waals surface area contributed by atoms with Gasteiger partial charge < -0.3 is 5.11 Å². The lowest BCUT2D eigenvalue weighted by Crippen LogP contribution is -2.40. The second kappa shape index (κ2) is 5.91. The van der Waals surface area contributed by atoms with Gasteiger partial charge in [-0.25, -0.2) is 0 Å². The van der Waals surface area contributed by atoms with Gasteiger partial charge in [-0.2, -0.15) is 11.8 Å². The highest BCUT2D eigenvalue weighted by atomic mass is 32.2. The van der Waals surface area contributed by atoms with Gasteiger partial charge in [-0.15, -0.1) is 11.8 Å². The fourth-order valence-corrected chi connectivity index (χ4v) is 4.43. The minimum Gasteiger partial charge on any atom is -0.480 e. The summed E-state index contributed by atoms with van der Waals surface area (Å²) >= 11 is 3.44. The Labute approximate surface area is 94.2 Å². The third kappa shape index (κ3) is 3.09. The molecule has 1 fully saturated rings. The first kappa shape index (κ1) is 12.2. The number of carboxylic acids is 1.